The van der Waals surface area contributed by atoms with Gasteiger partial charge in [-0.1, -0.05) is 182 Å². The van der Waals surface area contributed by atoms with Gasteiger partial charge in [-0.2, -0.15) is 0 Å². The molecule has 0 bridgehead atoms. The van der Waals surface area contributed by atoms with Crippen LogP contribution in [0.2, 0.25) is 0 Å². The zero-order valence-corrected chi connectivity index (χ0v) is 40.1. The third kappa shape index (κ3) is 47.4. The van der Waals surface area contributed by atoms with Gasteiger partial charge >= 0.3 is 17.9 Å². The molecule has 0 rings (SSSR count). The Morgan fingerprint density at radius 3 is 1.08 bits per heavy atom. The van der Waals surface area contributed by atoms with Crippen LogP contribution < -0.4 is 0 Å². The summed E-state index contributed by atoms with van der Waals surface area (Å²) in [7, 11) is 0. The Morgan fingerprint density at radius 1 is 0.339 bits per heavy atom. The molecule has 0 radical (unpaired) electrons. The standard InChI is InChI=1S/C56H92O6/c1-4-7-10-13-16-19-22-24-25-26-27-28-29-30-31-32-35-37-40-43-46-49-55(58)61-52-53(51-60-54(57)48-45-42-39-36-33-21-18-15-12-9-6-3)62-56(59)50-47-44-41-38-34-23-20-17-14-11-8-5-2/h7,10,15-20,24-25,27-28,30-31,35,37,53H,4-6,8-9,11-14,21-23,26,29,32-34,36,38-52H2,1-3H3/b10-7-,18-15-,19-16-,20-17-,25-24-,28-27-,31-30-,37-35-. The second-order valence-corrected chi connectivity index (χ2v) is 16.3. The van der Waals surface area contributed by atoms with Gasteiger partial charge in [-0.15, -0.1) is 0 Å². The summed E-state index contributed by atoms with van der Waals surface area (Å²) in [6.45, 7) is 6.39. The molecule has 0 aromatic heterocycles. The van der Waals surface area contributed by atoms with E-state index in [9.17, 15) is 14.4 Å². The molecule has 0 aromatic rings. The highest BCUT2D eigenvalue weighted by atomic mass is 16.6. The molecule has 0 aliphatic heterocycles. The van der Waals surface area contributed by atoms with Crippen LogP contribution in [0.4, 0.5) is 0 Å². The quantitative estimate of drug-likeness (QED) is 0.0263. The van der Waals surface area contributed by atoms with Crippen molar-refractivity contribution in [1.29, 1.82) is 0 Å². The Hall–Kier alpha value is -3.67. The summed E-state index contributed by atoms with van der Waals surface area (Å²) in [6, 6.07) is 0. The Labute approximate surface area is 381 Å². The number of unbranched alkanes of at least 4 members (excludes halogenated alkanes) is 17. The lowest BCUT2D eigenvalue weighted by Crippen LogP contribution is -2.30. The summed E-state index contributed by atoms with van der Waals surface area (Å²) in [5.41, 5.74) is 0. The van der Waals surface area contributed by atoms with Crippen LogP contribution in [0.5, 0.6) is 0 Å². The molecule has 0 amide bonds. The third-order valence-electron chi connectivity index (χ3n) is 10.3. The average molecular weight is 861 g/mol. The molecular weight excluding hydrogens is 769 g/mol. The number of allylic oxidation sites excluding steroid dienone is 16. The zero-order chi connectivity index (χ0) is 45.1. The van der Waals surface area contributed by atoms with Gasteiger partial charge in [0.1, 0.15) is 13.2 Å². The zero-order valence-electron chi connectivity index (χ0n) is 40.1. The number of rotatable bonds is 44. The number of esters is 3. The van der Waals surface area contributed by atoms with Crippen molar-refractivity contribution in [1.82, 2.24) is 0 Å². The molecule has 0 saturated carbocycles. The van der Waals surface area contributed by atoms with Gasteiger partial charge in [-0.25, -0.2) is 0 Å². The summed E-state index contributed by atoms with van der Waals surface area (Å²) < 4.78 is 16.7. The van der Waals surface area contributed by atoms with Gasteiger partial charge in [0.15, 0.2) is 6.10 Å². The van der Waals surface area contributed by atoms with E-state index in [0.29, 0.717) is 19.3 Å². The van der Waals surface area contributed by atoms with Crippen LogP contribution in [-0.2, 0) is 28.6 Å². The molecule has 1 atom stereocenters. The monoisotopic (exact) mass is 861 g/mol. The molecule has 0 aliphatic rings. The summed E-state index contributed by atoms with van der Waals surface area (Å²) in [4.78, 5) is 37.9. The van der Waals surface area contributed by atoms with Gasteiger partial charge in [-0.05, 0) is 116 Å². The van der Waals surface area contributed by atoms with E-state index in [0.717, 1.165) is 122 Å². The minimum absolute atomic E-state index is 0.100. The highest BCUT2D eigenvalue weighted by Crippen LogP contribution is 2.13. The lowest BCUT2D eigenvalue weighted by molar-refractivity contribution is -0.167. The fourth-order valence-corrected chi connectivity index (χ4v) is 6.48. The van der Waals surface area contributed by atoms with E-state index in [1.807, 2.05) is 0 Å². The molecule has 6 heteroatoms. The number of carbonyl (C=O) groups excluding carboxylic acids is 3. The van der Waals surface area contributed by atoms with Crippen molar-refractivity contribution in [2.24, 2.45) is 0 Å². The summed E-state index contributed by atoms with van der Waals surface area (Å²) in [6.07, 6.45) is 65.3. The van der Waals surface area contributed by atoms with Crippen molar-refractivity contribution in [3.8, 4) is 0 Å². The molecule has 1 unspecified atom stereocenters. The Morgan fingerprint density at radius 2 is 0.645 bits per heavy atom. The molecule has 0 spiro atoms. The predicted octanol–water partition coefficient (Wildman–Crippen LogP) is 16.6. The minimum Gasteiger partial charge on any atom is -0.462 e. The SMILES string of the molecule is CC/C=C\C/C=C\C/C=C\C/C=C\C/C=C\C/C=C\CCCCC(=O)OCC(COC(=O)CCCCCCC/C=C\CCCC)OC(=O)CCCCCCC/C=C\CCCCC. The van der Waals surface area contributed by atoms with E-state index in [2.05, 4.69) is 118 Å². The molecular formula is C56H92O6. The lowest BCUT2D eigenvalue weighted by atomic mass is 10.1. The van der Waals surface area contributed by atoms with Crippen LogP contribution in [-0.4, -0.2) is 37.2 Å². The van der Waals surface area contributed by atoms with Crippen molar-refractivity contribution in [2.45, 2.75) is 226 Å². The van der Waals surface area contributed by atoms with Gasteiger partial charge in [0, 0.05) is 19.3 Å². The van der Waals surface area contributed by atoms with E-state index in [-0.39, 0.29) is 31.1 Å². The van der Waals surface area contributed by atoms with Crippen molar-refractivity contribution in [3.05, 3.63) is 97.2 Å². The first kappa shape index (κ1) is 58.3. The largest absolute Gasteiger partial charge is 0.462 e. The van der Waals surface area contributed by atoms with Crippen LogP contribution >= 0.6 is 0 Å². The highest BCUT2D eigenvalue weighted by Gasteiger charge is 2.19. The molecule has 6 nitrogen and oxygen atoms in total. The smallest absolute Gasteiger partial charge is 0.306 e. The lowest BCUT2D eigenvalue weighted by Gasteiger charge is -2.18. The average Bonchev–Trinajstić information content (AvgIpc) is 3.27. The first-order chi connectivity index (χ1) is 30.5. The maximum Gasteiger partial charge on any atom is 0.306 e. The molecule has 62 heavy (non-hydrogen) atoms. The van der Waals surface area contributed by atoms with Crippen LogP contribution in [0.1, 0.15) is 220 Å². The molecule has 0 saturated heterocycles. The summed E-state index contributed by atoms with van der Waals surface area (Å²) in [5, 5.41) is 0. The highest BCUT2D eigenvalue weighted by molar-refractivity contribution is 5.71. The van der Waals surface area contributed by atoms with Gasteiger partial charge in [0.05, 0.1) is 0 Å². The molecule has 0 N–H and O–H groups in total. The molecule has 352 valence electrons. The van der Waals surface area contributed by atoms with E-state index in [4.69, 9.17) is 14.2 Å². The Kier molecular flexibility index (Phi) is 47.0. The Balaban J connectivity index is 4.45. The van der Waals surface area contributed by atoms with E-state index < -0.39 is 6.10 Å². The molecule has 0 aliphatic carbocycles. The second-order valence-electron chi connectivity index (χ2n) is 16.3. The summed E-state index contributed by atoms with van der Waals surface area (Å²) >= 11 is 0. The maximum absolute atomic E-state index is 12.7. The molecule has 0 aromatic carbocycles. The fraction of sp³-hybridized carbons (Fsp3) is 0.661. The number of ether oxygens (including phenoxy) is 3. The Bertz CT molecular complexity index is 1260. The first-order valence-corrected chi connectivity index (χ1v) is 25.2. The van der Waals surface area contributed by atoms with Crippen molar-refractivity contribution in [2.75, 3.05) is 13.2 Å². The van der Waals surface area contributed by atoms with Crippen LogP contribution in [0, 0.1) is 0 Å². The van der Waals surface area contributed by atoms with Crippen molar-refractivity contribution >= 4 is 17.9 Å². The van der Waals surface area contributed by atoms with Crippen molar-refractivity contribution < 1.29 is 28.6 Å². The van der Waals surface area contributed by atoms with Gasteiger partial charge in [0.2, 0.25) is 0 Å². The maximum atomic E-state index is 12.7. The van der Waals surface area contributed by atoms with Gasteiger partial charge in [-0.3, -0.25) is 14.4 Å². The normalized spacial score (nSPS) is 12.9. The number of hydrogen-bond acceptors (Lipinski definition) is 6. The predicted molar refractivity (Wildman–Crippen MR) is 265 cm³/mol. The fourth-order valence-electron chi connectivity index (χ4n) is 6.48. The third-order valence-corrected chi connectivity index (χ3v) is 10.3. The number of carbonyl (C=O) groups is 3. The van der Waals surface area contributed by atoms with E-state index >= 15 is 0 Å². The van der Waals surface area contributed by atoms with Crippen LogP contribution in [0.25, 0.3) is 0 Å². The van der Waals surface area contributed by atoms with Crippen molar-refractivity contribution in [3.63, 3.8) is 0 Å². The minimum atomic E-state index is -0.802. The van der Waals surface area contributed by atoms with Crippen LogP contribution in [0.15, 0.2) is 97.2 Å². The van der Waals surface area contributed by atoms with Gasteiger partial charge in [0.25, 0.3) is 0 Å². The van der Waals surface area contributed by atoms with E-state index in [1.165, 1.54) is 57.8 Å². The van der Waals surface area contributed by atoms with Gasteiger partial charge < -0.3 is 14.2 Å². The van der Waals surface area contributed by atoms with E-state index in [1.54, 1.807) is 0 Å². The topological polar surface area (TPSA) is 78.9 Å². The summed E-state index contributed by atoms with van der Waals surface area (Å²) in [5.74, 6) is -0.970. The number of hydrogen-bond donors (Lipinski definition) is 0. The second kappa shape index (κ2) is 50.0. The molecule has 0 heterocycles. The van der Waals surface area contributed by atoms with Crippen LogP contribution in [0.3, 0.4) is 0 Å². The molecule has 0 fully saturated rings. The first-order valence-electron chi connectivity index (χ1n) is 25.2.